The van der Waals surface area contributed by atoms with Gasteiger partial charge in [-0.2, -0.15) is 0 Å². The van der Waals surface area contributed by atoms with Crippen LogP contribution in [0.15, 0.2) is 54.7 Å². The summed E-state index contributed by atoms with van der Waals surface area (Å²) >= 11 is 0. The van der Waals surface area contributed by atoms with Crippen LogP contribution in [0.1, 0.15) is 27.9 Å². The average molecular weight is 339 g/mol. The average Bonchev–Trinajstić information content (AvgIpc) is 3.00. The van der Waals surface area contributed by atoms with Gasteiger partial charge >= 0.3 is 0 Å². The molecule has 0 saturated heterocycles. The van der Waals surface area contributed by atoms with Crippen LogP contribution in [0.25, 0.3) is 0 Å². The summed E-state index contributed by atoms with van der Waals surface area (Å²) < 4.78 is 33.0. The van der Waals surface area contributed by atoms with Crippen LogP contribution in [-0.2, 0) is 16.9 Å². The summed E-state index contributed by atoms with van der Waals surface area (Å²) in [6.45, 7) is 1.89. The zero-order valence-corrected chi connectivity index (χ0v) is 13.5. The highest BCUT2D eigenvalue weighted by Gasteiger charge is 2.45. The molecule has 1 aliphatic heterocycles. The van der Waals surface area contributed by atoms with Crippen molar-refractivity contribution in [3.05, 3.63) is 94.3 Å². The Bertz CT molecular complexity index is 892. The second-order valence-corrected chi connectivity index (χ2v) is 6.07. The zero-order chi connectivity index (χ0) is 17.6. The summed E-state index contributed by atoms with van der Waals surface area (Å²) in [7, 11) is 0. The van der Waals surface area contributed by atoms with Gasteiger partial charge in [0.05, 0.1) is 12.3 Å². The number of halogens is 2. The number of fused-ring (bicyclic) bond motifs is 1. The van der Waals surface area contributed by atoms with Gasteiger partial charge in [0.25, 0.3) is 0 Å². The van der Waals surface area contributed by atoms with E-state index in [0.717, 1.165) is 0 Å². The van der Waals surface area contributed by atoms with E-state index in [1.165, 1.54) is 24.3 Å². The minimum Gasteiger partial charge on any atom is -0.506 e. The van der Waals surface area contributed by atoms with Gasteiger partial charge in [0.1, 0.15) is 23.0 Å². The number of benzene rings is 2. The molecule has 0 fully saturated rings. The number of hydrogen-bond donors (Lipinski definition) is 1. The number of aromatic nitrogens is 1. The minimum atomic E-state index is -1.07. The summed E-state index contributed by atoms with van der Waals surface area (Å²) in [5.41, 5.74) is 2.12. The highest BCUT2D eigenvalue weighted by molar-refractivity contribution is 5.55. The van der Waals surface area contributed by atoms with Crippen molar-refractivity contribution >= 4 is 0 Å². The van der Waals surface area contributed by atoms with E-state index in [9.17, 15) is 13.9 Å². The molecule has 0 unspecified atom stereocenters. The SMILES string of the molecule is Cc1ncc2c(c1O)COC2(c1ccc(F)cc1)c1ccc(F)cc1. The van der Waals surface area contributed by atoms with Crippen LogP contribution in [0, 0.1) is 18.6 Å². The molecule has 0 saturated carbocycles. The maximum absolute atomic E-state index is 13.4. The molecule has 0 amide bonds. The molecule has 0 spiro atoms. The lowest BCUT2D eigenvalue weighted by Gasteiger charge is -2.31. The van der Waals surface area contributed by atoms with Crippen molar-refractivity contribution in [3.63, 3.8) is 0 Å². The predicted molar refractivity (Wildman–Crippen MR) is 88.1 cm³/mol. The lowest BCUT2D eigenvalue weighted by atomic mass is 9.80. The molecule has 1 N–H and O–H groups in total. The Morgan fingerprint density at radius 2 is 1.48 bits per heavy atom. The van der Waals surface area contributed by atoms with Gasteiger partial charge in [0, 0.05) is 17.3 Å². The van der Waals surface area contributed by atoms with Crippen LogP contribution >= 0.6 is 0 Å². The van der Waals surface area contributed by atoms with E-state index in [2.05, 4.69) is 4.98 Å². The smallest absolute Gasteiger partial charge is 0.146 e. The number of nitrogens with zero attached hydrogens (tertiary/aromatic N) is 1. The van der Waals surface area contributed by atoms with Crippen LogP contribution < -0.4 is 0 Å². The van der Waals surface area contributed by atoms with Gasteiger partial charge < -0.3 is 9.84 Å². The van der Waals surface area contributed by atoms with Crippen LogP contribution in [0.5, 0.6) is 5.75 Å². The quantitative estimate of drug-likeness (QED) is 0.761. The summed E-state index contributed by atoms with van der Waals surface area (Å²) in [6.07, 6.45) is 1.66. The standard InChI is InChI=1S/C20H15F2NO2/c1-12-19(24)17-11-25-20(18(17)10-23-12,13-2-6-15(21)7-3-13)14-4-8-16(22)9-5-14/h2-10,24H,11H2,1H3. The van der Waals surface area contributed by atoms with Crippen molar-refractivity contribution in [2.24, 2.45) is 0 Å². The van der Waals surface area contributed by atoms with Crippen molar-refractivity contribution in [1.82, 2.24) is 4.98 Å². The lowest BCUT2D eigenvalue weighted by Crippen LogP contribution is -2.28. The van der Waals surface area contributed by atoms with Crippen LogP contribution in [0.3, 0.4) is 0 Å². The van der Waals surface area contributed by atoms with E-state index >= 15 is 0 Å². The molecular formula is C20H15F2NO2. The van der Waals surface area contributed by atoms with Crippen molar-refractivity contribution in [3.8, 4) is 5.75 Å². The van der Waals surface area contributed by atoms with Crippen molar-refractivity contribution < 1.29 is 18.6 Å². The third-order valence-corrected chi connectivity index (χ3v) is 4.65. The topological polar surface area (TPSA) is 42.4 Å². The molecule has 5 heteroatoms. The molecule has 2 heterocycles. The Hall–Kier alpha value is -2.79. The Balaban J connectivity index is 2.01. The first-order valence-electron chi connectivity index (χ1n) is 7.86. The van der Waals surface area contributed by atoms with E-state index in [0.29, 0.717) is 27.9 Å². The van der Waals surface area contributed by atoms with Crippen LogP contribution in [-0.4, -0.2) is 10.1 Å². The molecule has 126 valence electrons. The van der Waals surface area contributed by atoms with E-state index < -0.39 is 5.60 Å². The number of aryl methyl sites for hydroxylation is 1. The molecule has 0 atom stereocenters. The van der Waals surface area contributed by atoms with E-state index in [1.807, 2.05) is 0 Å². The fraction of sp³-hybridized carbons (Fsp3) is 0.150. The number of pyridine rings is 1. The van der Waals surface area contributed by atoms with Gasteiger partial charge in [-0.3, -0.25) is 4.98 Å². The Morgan fingerprint density at radius 3 is 2.00 bits per heavy atom. The lowest BCUT2D eigenvalue weighted by molar-refractivity contribution is 0.0262. The highest BCUT2D eigenvalue weighted by Crippen LogP contribution is 2.49. The molecule has 0 radical (unpaired) electrons. The highest BCUT2D eigenvalue weighted by atomic mass is 19.1. The molecule has 25 heavy (non-hydrogen) atoms. The van der Waals surface area contributed by atoms with E-state index in [-0.39, 0.29) is 24.0 Å². The van der Waals surface area contributed by atoms with Crippen molar-refractivity contribution in [2.75, 3.05) is 0 Å². The molecule has 0 aliphatic carbocycles. The van der Waals surface area contributed by atoms with Crippen LogP contribution in [0.4, 0.5) is 8.78 Å². The minimum absolute atomic E-state index is 0.0867. The Morgan fingerprint density at radius 1 is 0.960 bits per heavy atom. The first kappa shape index (κ1) is 15.7. The summed E-state index contributed by atoms with van der Waals surface area (Å²) in [5, 5.41) is 10.4. The van der Waals surface area contributed by atoms with Gasteiger partial charge in [-0.1, -0.05) is 24.3 Å². The monoisotopic (exact) mass is 339 g/mol. The Kier molecular flexibility index (Phi) is 3.54. The molecule has 3 nitrogen and oxygen atoms in total. The third kappa shape index (κ3) is 2.31. The summed E-state index contributed by atoms with van der Waals surface area (Å²) in [4.78, 5) is 4.25. The fourth-order valence-corrected chi connectivity index (χ4v) is 3.37. The summed E-state index contributed by atoms with van der Waals surface area (Å²) in [6, 6.07) is 11.9. The first-order valence-corrected chi connectivity index (χ1v) is 7.86. The third-order valence-electron chi connectivity index (χ3n) is 4.65. The molecule has 1 aromatic heterocycles. The predicted octanol–water partition coefficient (Wildman–Crippen LogP) is 4.20. The van der Waals surface area contributed by atoms with E-state index in [4.69, 9.17) is 4.74 Å². The van der Waals surface area contributed by atoms with Crippen molar-refractivity contribution in [1.29, 1.82) is 0 Å². The van der Waals surface area contributed by atoms with Crippen LogP contribution in [0.2, 0.25) is 0 Å². The molecule has 1 aliphatic rings. The molecule has 2 aromatic carbocycles. The first-order chi connectivity index (χ1) is 12.0. The van der Waals surface area contributed by atoms with Crippen molar-refractivity contribution in [2.45, 2.75) is 19.1 Å². The second-order valence-electron chi connectivity index (χ2n) is 6.07. The zero-order valence-electron chi connectivity index (χ0n) is 13.5. The number of hydrogen-bond acceptors (Lipinski definition) is 3. The Labute approximate surface area is 143 Å². The maximum atomic E-state index is 13.4. The van der Waals surface area contributed by atoms with E-state index in [1.54, 1.807) is 37.4 Å². The molecule has 4 rings (SSSR count). The van der Waals surface area contributed by atoms with Gasteiger partial charge in [0.15, 0.2) is 0 Å². The number of ether oxygens (including phenoxy) is 1. The van der Waals surface area contributed by atoms with Gasteiger partial charge in [-0.15, -0.1) is 0 Å². The second kappa shape index (κ2) is 5.63. The van der Waals surface area contributed by atoms with Gasteiger partial charge in [0.2, 0.25) is 0 Å². The molecule has 3 aromatic rings. The summed E-state index contributed by atoms with van der Waals surface area (Å²) in [5.74, 6) is -0.634. The number of aromatic hydroxyl groups is 1. The molecule has 0 bridgehead atoms. The maximum Gasteiger partial charge on any atom is 0.146 e. The fourth-order valence-electron chi connectivity index (χ4n) is 3.37. The molecular weight excluding hydrogens is 324 g/mol. The normalized spacial score (nSPS) is 15.2. The van der Waals surface area contributed by atoms with Gasteiger partial charge in [-0.05, 0) is 42.3 Å². The number of rotatable bonds is 2. The van der Waals surface area contributed by atoms with Gasteiger partial charge in [-0.25, -0.2) is 8.78 Å². The largest absolute Gasteiger partial charge is 0.506 e.